The van der Waals surface area contributed by atoms with Crippen LogP contribution in [0.25, 0.3) is 0 Å². The summed E-state index contributed by atoms with van der Waals surface area (Å²) in [5.41, 5.74) is 6.77. The first-order valence-corrected chi connectivity index (χ1v) is 6.90. The summed E-state index contributed by atoms with van der Waals surface area (Å²) in [7, 11) is 0. The lowest BCUT2D eigenvalue weighted by atomic mass is 9.83. The molecule has 0 radical (unpaired) electrons. The van der Waals surface area contributed by atoms with Gasteiger partial charge in [-0.1, -0.05) is 19.3 Å². The minimum absolute atomic E-state index is 0.311. The first-order valence-electron chi connectivity index (χ1n) is 6.90. The number of nitrogens with two attached hydrogens (primary N) is 1. The summed E-state index contributed by atoms with van der Waals surface area (Å²) in [5, 5.41) is 0. The molecule has 1 fully saturated rings. The van der Waals surface area contributed by atoms with Crippen LogP contribution in [0.5, 0.6) is 5.75 Å². The molecule has 1 aromatic rings. The minimum atomic E-state index is -0.311. The molecule has 4 nitrogen and oxygen atoms in total. The summed E-state index contributed by atoms with van der Waals surface area (Å²) in [6.45, 7) is 2.94. The highest BCUT2D eigenvalue weighted by Crippen LogP contribution is 2.29. The van der Waals surface area contributed by atoms with Gasteiger partial charge in [-0.2, -0.15) is 0 Å². The van der Waals surface area contributed by atoms with E-state index in [-0.39, 0.29) is 5.97 Å². The van der Waals surface area contributed by atoms with E-state index in [1.807, 2.05) is 6.92 Å². The molecular formula is C15H21NO3. The summed E-state index contributed by atoms with van der Waals surface area (Å²) >= 11 is 0. The number of anilines is 1. The fourth-order valence-corrected chi connectivity index (χ4v) is 2.15. The first kappa shape index (κ1) is 13.7. The van der Waals surface area contributed by atoms with Crippen molar-refractivity contribution in [1.82, 2.24) is 0 Å². The summed E-state index contributed by atoms with van der Waals surface area (Å²) in [6.07, 6.45) is 4.83. The zero-order valence-corrected chi connectivity index (χ0v) is 11.4. The largest absolute Gasteiger partial charge is 0.492 e. The van der Waals surface area contributed by atoms with E-state index in [1.54, 1.807) is 18.2 Å². The lowest BCUT2D eigenvalue weighted by Gasteiger charge is -2.24. The van der Waals surface area contributed by atoms with Gasteiger partial charge < -0.3 is 15.2 Å². The van der Waals surface area contributed by atoms with Gasteiger partial charge in [0.25, 0.3) is 0 Å². The third-order valence-corrected chi connectivity index (χ3v) is 3.53. The number of esters is 1. The van der Waals surface area contributed by atoms with E-state index in [9.17, 15) is 4.79 Å². The summed E-state index contributed by atoms with van der Waals surface area (Å²) in [4.78, 5) is 11.8. The van der Waals surface area contributed by atoms with Crippen molar-refractivity contribution in [1.29, 1.82) is 0 Å². The van der Waals surface area contributed by atoms with Crippen LogP contribution in [0.2, 0.25) is 0 Å². The molecule has 0 unspecified atom stereocenters. The highest BCUT2D eigenvalue weighted by atomic mass is 16.5. The Labute approximate surface area is 113 Å². The van der Waals surface area contributed by atoms with Gasteiger partial charge in [0, 0.05) is 0 Å². The lowest BCUT2D eigenvalue weighted by Crippen LogP contribution is -2.15. The predicted octanol–water partition coefficient (Wildman–Crippen LogP) is 3.01. The van der Waals surface area contributed by atoms with Gasteiger partial charge in [-0.3, -0.25) is 0 Å². The van der Waals surface area contributed by atoms with E-state index in [0.29, 0.717) is 30.2 Å². The molecule has 0 bridgehead atoms. The fraction of sp³-hybridized carbons (Fsp3) is 0.533. The Morgan fingerprint density at radius 2 is 2.21 bits per heavy atom. The molecule has 1 aliphatic carbocycles. The van der Waals surface area contributed by atoms with Crippen LogP contribution >= 0.6 is 0 Å². The standard InChI is InChI=1S/C15H21NO3/c1-2-18-14-7-6-12(10-13(14)16)15(17)19-9-8-11-4-3-5-11/h6-7,10-11H,2-5,8-9,16H2,1H3. The maximum absolute atomic E-state index is 11.8. The van der Waals surface area contributed by atoms with E-state index in [2.05, 4.69) is 0 Å². The summed E-state index contributed by atoms with van der Waals surface area (Å²) < 4.78 is 10.6. The second-order valence-electron chi connectivity index (χ2n) is 4.91. The van der Waals surface area contributed by atoms with Crippen molar-refractivity contribution in [2.45, 2.75) is 32.6 Å². The van der Waals surface area contributed by atoms with Crippen molar-refractivity contribution in [2.75, 3.05) is 18.9 Å². The van der Waals surface area contributed by atoms with Gasteiger partial charge in [-0.25, -0.2) is 4.79 Å². The van der Waals surface area contributed by atoms with Crippen LogP contribution in [0.4, 0.5) is 5.69 Å². The Hall–Kier alpha value is -1.71. The molecule has 0 amide bonds. The van der Waals surface area contributed by atoms with Crippen molar-refractivity contribution in [3.8, 4) is 5.75 Å². The SMILES string of the molecule is CCOc1ccc(C(=O)OCCC2CCC2)cc1N. The number of benzene rings is 1. The highest BCUT2D eigenvalue weighted by Gasteiger charge is 2.18. The molecular weight excluding hydrogens is 242 g/mol. The summed E-state index contributed by atoms with van der Waals surface area (Å²) in [6, 6.07) is 5.01. The maximum Gasteiger partial charge on any atom is 0.338 e. The van der Waals surface area contributed by atoms with Crippen molar-refractivity contribution in [2.24, 2.45) is 5.92 Å². The molecule has 19 heavy (non-hydrogen) atoms. The molecule has 4 heteroatoms. The Balaban J connectivity index is 1.85. The molecule has 0 atom stereocenters. The zero-order valence-electron chi connectivity index (χ0n) is 11.4. The van der Waals surface area contributed by atoms with Gasteiger partial charge in [0.15, 0.2) is 0 Å². The number of hydrogen-bond acceptors (Lipinski definition) is 4. The smallest absolute Gasteiger partial charge is 0.338 e. The van der Waals surface area contributed by atoms with Crippen molar-refractivity contribution in [3.05, 3.63) is 23.8 Å². The number of carbonyl (C=O) groups is 1. The molecule has 0 aliphatic heterocycles. The van der Waals surface area contributed by atoms with E-state index in [4.69, 9.17) is 15.2 Å². The molecule has 1 saturated carbocycles. The quantitative estimate of drug-likeness (QED) is 0.633. The summed E-state index contributed by atoms with van der Waals surface area (Å²) in [5.74, 6) is 1.04. The average Bonchev–Trinajstić information content (AvgIpc) is 2.35. The van der Waals surface area contributed by atoms with Gasteiger partial charge in [0.1, 0.15) is 5.75 Å². The molecule has 0 spiro atoms. The van der Waals surface area contributed by atoms with Gasteiger partial charge in [-0.05, 0) is 37.5 Å². The van der Waals surface area contributed by atoms with Gasteiger partial charge in [0.05, 0.1) is 24.5 Å². The average molecular weight is 263 g/mol. The number of nitrogen functional groups attached to an aromatic ring is 1. The van der Waals surface area contributed by atoms with Crippen LogP contribution in [-0.2, 0) is 4.74 Å². The lowest BCUT2D eigenvalue weighted by molar-refractivity contribution is 0.0464. The van der Waals surface area contributed by atoms with Crippen molar-refractivity contribution < 1.29 is 14.3 Å². The van der Waals surface area contributed by atoms with E-state index < -0.39 is 0 Å². The molecule has 1 aromatic carbocycles. The Kier molecular flexibility index (Phi) is 4.66. The predicted molar refractivity (Wildman–Crippen MR) is 74.3 cm³/mol. The monoisotopic (exact) mass is 263 g/mol. The van der Waals surface area contributed by atoms with Crippen LogP contribution in [0.15, 0.2) is 18.2 Å². The number of ether oxygens (including phenoxy) is 2. The number of rotatable bonds is 6. The molecule has 2 rings (SSSR count). The third-order valence-electron chi connectivity index (χ3n) is 3.53. The Bertz CT molecular complexity index is 441. The topological polar surface area (TPSA) is 61.5 Å². The van der Waals surface area contributed by atoms with E-state index in [1.165, 1.54) is 19.3 Å². The van der Waals surface area contributed by atoms with Gasteiger partial charge in [0.2, 0.25) is 0 Å². The number of hydrogen-bond donors (Lipinski definition) is 1. The van der Waals surface area contributed by atoms with Crippen LogP contribution in [0, 0.1) is 5.92 Å². The van der Waals surface area contributed by atoms with Crippen LogP contribution < -0.4 is 10.5 Å². The maximum atomic E-state index is 11.8. The van der Waals surface area contributed by atoms with Crippen LogP contribution in [0.3, 0.4) is 0 Å². The molecule has 2 N–H and O–H groups in total. The van der Waals surface area contributed by atoms with E-state index >= 15 is 0 Å². The van der Waals surface area contributed by atoms with E-state index in [0.717, 1.165) is 12.3 Å². The second-order valence-corrected chi connectivity index (χ2v) is 4.91. The molecule has 0 aromatic heterocycles. The second kappa shape index (κ2) is 6.45. The van der Waals surface area contributed by atoms with Gasteiger partial charge in [-0.15, -0.1) is 0 Å². The normalized spacial score (nSPS) is 14.8. The number of carbonyl (C=O) groups excluding carboxylic acids is 1. The third kappa shape index (κ3) is 3.63. The minimum Gasteiger partial charge on any atom is -0.492 e. The first-order chi connectivity index (χ1) is 9.20. The van der Waals surface area contributed by atoms with Crippen molar-refractivity contribution >= 4 is 11.7 Å². The molecule has 0 heterocycles. The molecule has 104 valence electrons. The van der Waals surface area contributed by atoms with Crippen LogP contribution in [-0.4, -0.2) is 19.2 Å². The zero-order chi connectivity index (χ0) is 13.7. The molecule has 0 saturated heterocycles. The molecule has 1 aliphatic rings. The van der Waals surface area contributed by atoms with Crippen LogP contribution in [0.1, 0.15) is 43.0 Å². The van der Waals surface area contributed by atoms with Crippen molar-refractivity contribution in [3.63, 3.8) is 0 Å². The van der Waals surface area contributed by atoms with Gasteiger partial charge >= 0.3 is 5.97 Å². The fourth-order valence-electron chi connectivity index (χ4n) is 2.15. The Morgan fingerprint density at radius 1 is 1.42 bits per heavy atom. The highest BCUT2D eigenvalue weighted by molar-refractivity contribution is 5.91. The Morgan fingerprint density at radius 3 is 2.79 bits per heavy atom.